The third-order valence-corrected chi connectivity index (χ3v) is 4.20. The van der Waals surface area contributed by atoms with Crippen molar-refractivity contribution in [1.29, 1.82) is 0 Å². The van der Waals surface area contributed by atoms with Crippen molar-refractivity contribution in [3.05, 3.63) is 42.5 Å². The van der Waals surface area contributed by atoms with Crippen molar-refractivity contribution in [2.24, 2.45) is 0 Å². The molecule has 9 heteroatoms. The first-order valence-corrected chi connectivity index (χ1v) is 8.81. The van der Waals surface area contributed by atoms with Gasteiger partial charge in [-0.05, 0) is 31.2 Å². The highest BCUT2D eigenvalue weighted by Crippen LogP contribution is 2.20. The molecule has 0 radical (unpaired) electrons. The van der Waals surface area contributed by atoms with Gasteiger partial charge in [-0.3, -0.25) is 5.32 Å². The quantitative estimate of drug-likeness (QED) is 0.443. The molecule has 0 fully saturated rings. The zero-order valence-electron chi connectivity index (χ0n) is 12.9. The molecule has 0 saturated carbocycles. The van der Waals surface area contributed by atoms with Gasteiger partial charge in [0.05, 0.1) is 12.2 Å². The van der Waals surface area contributed by atoms with Crippen LogP contribution in [0.4, 0.5) is 15.6 Å². The molecular weight excluding hydrogens is 348 g/mol. The first-order chi connectivity index (χ1) is 11.6. The van der Waals surface area contributed by atoms with Gasteiger partial charge in [0, 0.05) is 23.0 Å². The van der Waals surface area contributed by atoms with Gasteiger partial charge in [0.2, 0.25) is 10.3 Å². The van der Waals surface area contributed by atoms with Crippen LogP contribution in [0.1, 0.15) is 17.3 Å². The Morgan fingerprint density at radius 1 is 1.33 bits per heavy atom. The topological polar surface area (TPSA) is 93.2 Å². The van der Waals surface area contributed by atoms with E-state index in [0.29, 0.717) is 33.9 Å². The van der Waals surface area contributed by atoms with Gasteiger partial charge in [0.15, 0.2) is 0 Å². The second kappa shape index (κ2) is 9.04. The van der Waals surface area contributed by atoms with E-state index in [2.05, 4.69) is 26.6 Å². The highest BCUT2D eigenvalue weighted by Gasteiger charge is 2.09. The van der Waals surface area contributed by atoms with Gasteiger partial charge in [-0.15, -0.1) is 6.58 Å². The first kappa shape index (κ1) is 18.0. The van der Waals surface area contributed by atoms with Crippen LogP contribution in [0.5, 0.6) is 0 Å². The number of hydrogen-bond acceptors (Lipinski definition) is 7. The summed E-state index contributed by atoms with van der Waals surface area (Å²) in [5.41, 5.74) is 0.974. The van der Waals surface area contributed by atoms with Gasteiger partial charge in [0.25, 0.3) is 0 Å². The van der Waals surface area contributed by atoms with Crippen molar-refractivity contribution < 1.29 is 14.3 Å². The molecule has 1 aromatic heterocycles. The number of nitrogens with zero attached hydrogens (tertiary/aromatic N) is 2. The maximum atomic E-state index is 11.9. The Balaban J connectivity index is 1.88. The summed E-state index contributed by atoms with van der Waals surface area (Å²) in [5, 5.41) is 6.26. The number of carbonyl (C=O) groups is 2. The summed E-state index contributed by atoms with van der Waals surface area (Å²) in [6, 6.07) is 5.98. The normalized spacial score (nSPS) is 10.0. The minimum atomic E-state index is -0.435. The lowest BCUT2D eigenvalue weighted by atomic mass is 10.2. The third kappa shape index (κ3) is 5.36. The highest BCUT2D eigenvalue weighted by molar-refractivity contribution is 7.99. The average molecular weight is 364 g/mol. The van der Waals surface area contributed by atoms with Crippen molar-refractivity contribution in [2.45, 2.75) is 12.1 Å². The monoisotopic (exact) mass is 364 g/mol. The van der Waals surface area contributed by atoms with Crippen molar-refractivity contribution in [3.63, 3.8) is 0 Å². The van der Waals surface area contributed by atoms with E-state index in [9.17, 15) is 9.59 Å². The molecule has 2 aromatic rings. The number of aromatic nitrogens is 2. The number of esters is 1. The number of ether oxygens (including phenoxy) is 1. The lowest BCUT2D eigenvalue weighted by Gasteiger charge is -2.06. The van der Waals surface area contributed by atoms with Crippen molar-refractivity contribution in [1.82, 2.24) is 9.36 Å². The number of urea groups is 1. The van der Waals surface area contributed by atoms with E-state index >= 15 is 0 Å². The van der Waals surface area contributed by atoms with Gasteiger partial charge in [-0.1, -0.05) is 17.8 Å². The van der Waals surface area contributed by atoms with Crippen molar-refractivity contribution in [3.8, 4) is 0 Å². The molecule has 0 bridgehead atoms. The smallest absolute Gasteiger partial charge is 0.338 e. The van der Waals surface area contributed by atoms with Gasteiger partial charge >= 0.3 is 12.0 Å². The Hall–Kier alpha value is -2.39. The molecule has 0 aliphatic rings. The largest absolute Gasteiger partial charge is 0.462 e. The maximum absolute atomic E-state index is 11.9. The van der Waals surface area contributed by atoms with Crippen LogP contribution in [0.2, 0.25) is 0 Å². The molecule has 126 valence electrons. The molecule has 1 heterocycles. The molecule has 0 aliphatic heterocycles. The minimum absolute atomic E-state index is 0.316. The Morgan fingerprint density at radius 2 is 2.08 bits per heavy atom. The van der Waals surface area contributed by atoms with E-state index in [-0.39, 0.29) is 0 Å². The summed E-state index contributed by atoms with van der Waals surface area (Å²) in [4.78, 5) is 27.7. The minimum Gasteiger partial charge on any atom is -0.462 e. The molecule has 2 amide bonds. The number of thioether (sulfide) groups is 1. The Bertz CT molecular complexity index is 716. The van der Waals surface area contributed by atoms with Crippen LogP contribution >= 0.6 is 23.3 Å². The molecule has 0 spiro atoms. The molecule has 0 atom stereocenters. The fourth-order valence-corrected chi connectivity index (χ4v) is 2.89. The molecule has 1 aromatic carbocycles. The van der Waals surface area contributed by atoms with Crippen LogP contribution in [0.25, 0.3) is 0 Å². The van der Waals surface area contributed by atoms with Crippen LogP contribution in [-0.2, 0) is 4.74 Å². The third-order valence-electron chi connectivity index (χ3n) is 2.61. The first-order valence-electron chi connectivity index (χ1n) is 7.05. The van der Waals surface area contributed by atoms with Crippen LogP contribution in [0.15, 0.2) is 42.1 Å². The number of rotatable bonds is 7. The van der Waals surface area contributed by atoms with Gasteiger partial charge in [-0.25, -0.2) is 9.59 Å². The Labute approximate surface area is 147 Å². The molecule has 0 saturated heterocycles. The standard InChI is InChI=1S/C15H16N4O3S2/c1-3-9-23-15-18-14(24-19-15)17-13(21)16-11-7-5-10(6-8-11)12(20)22-4-2/h3,5-8H,1,4,9H2,2H3,(H2,16,17,18,19,21). The maximum Gasteiger partial charge on any atom is 0.338 e. The lowest BCUT2D eigenvalue weighted by molar-refractivity contribution is 0.0526. The molecule has 2 N–H and O–H groups in total. The zero-order valence-corrected chi connectivity index (χ0v) is 14.6. The number of nitrogens with one attached hydrogen (secondary N) is 2. The van der Waals surface area contributed by atoms with Crippen LogP contribution in [0.3, 0.4) is 0 Å². The molecule has 24 heavy (non-hydrogen) atoms. The van der Waals surface area contributed by atoms with Crippen LogP contribution < -0.4 is 10.6 Å². The van der Waals surface area contributed by atoms with Crippen molar-refractivity contribution in [2.75, 3.05) is 23.0 Å². The molecular formula is C15H16N4O3S2. The predicted octanol–water partition coefficient (Wildman–Crippen LogP) is 3.64. The summed E-state index contributed by atoms with van der Waals surface area (Å²) >= 11 is 2.54. The van der Waals surface area contributed by atoms with Crippen molar-refractivity contribution >= 4 is 46.1 Å². The summed E-state index contributed by atoms with van der Waals surface area (Å²) < 4.78 is 9.01. The van der Waals surface area contributed by atoms with Gasteiger partial charge in [-0.2, -0.15) is 9.36 Å². The van der Waals surface area contributed by atoms with Crippen LogP contribution in [-0.4, -0.2) is 33.7 Å². The second-order valence-corrected chi connectivity index (χ2v) is 6.10. The fraction of sp³-hybridized carbons (Fsp3) is 0.200. The average Bonchev–Trinajstić information content (AvgIpc) is 3.01. The Kier molecular flexibility index (Phi) is 6.76. The van der Waals surface area contributed by atoms with Crippen LogP contribution in [0, 0.1) is 0 Å². The van der Waals surface area contributed by atoms with E-state index in [1.165, 1.54) is 11.8 Å². The summed E-state index contributed by atoms with van der Waals surface area (Å²) in [6.07, 6.45) is 1.76. The molecule has 0 aliphatic carbocycles. The van der Waals surface area contributed by atoms with E-state index in [4.69, 9.17) is 4.74 Å². The number of anilines is 2. The predicted molar refractivity (Wildman–Crippen MR) is 95.9 cm³/mol. The summed E-state index contributed by atoms with van der Waals surface area (Å²) in [7, 11) is 0. The van der Waals surface area contributed by atoms with E-state index in [0.717, 1.165) is 11.5 Å². The number of carbonyl (C=O) groups excluding carboxylic acids is 2. The van der Waals surface area contributed by atoms with Gasteiger partial charge < -0.3 is 10.1 Å². The summed E-state index contributed by atoms with van der Waals surface area (Å²) in [6.45, 7) is 5.68. The SMILES string of the molecule is C=CCSc1nsc(NC(=O)Nc2ccc(C(=O)OCC)cc2)n1. The molecule has 7 nitrogen and oxygen atoms in total. The van der Waals surface area contributed by atoms with E-state index < -0.39 is 12.0 Å². The molecule has 2 rings (SSSR count). The van der Waals surface area contributed by atoms with Gasteiger partial charge in [0.1, 0.15) is 0 Å². The number of benzene rings is 1. The fourth-order valence-electron chi connectivity index (χ4n) is 1.62. The summed E-state index contributed by atoms with van der Waals surface area (Å²) in [5.74, 6) is 0.307. The van der Waals surface area contributed by atoms with E-state index in [1.807, 2.05) is 0 Å². The second-order valence-electron chi connectivity index (χ2n) is 4.36. The number of amides is 2. The Morgan fingerprint density at radius 3 is 2.75 bits per heavy atom. The highest BCUT2D eigenvalue weighted by atomic mass is 32.2. The van der Waals surface area contributed by atoms with E-state index in [1.54, 1.807) is 37.3 Å². The molecule has 0 unspecified atom stereocenters. The lowest BCUT2D eigenvalue weighted by Crippen LogP contribution is -2.19. The number of hydrogen-bond donors (Lipinski definition) is 2. The zero-order chi connectivity index (χ0) is 17.4.